The van der Waals surface area contributed by atoms with E-state index in [-0.39, 0.29) is 5.84 Å². The fraction of sp³-hybridized carbons (Fsp3) is 0.417. The predicted octanol–water partition coefficient (Wildman–Crippen LogP) is 0.930. The number of methoxy groups -OCH3 is 2. The number of oxime groups is 1. The van der Waals surface area contributed by atoms with Crippen LogP contribution in [0.25, 0.3) is 0 Å². The van der Waals surface area contributed by atoms with Crippen LogP contribution in [0.15, 0.2) is 23.4 Å². The molecule has 100 valence electrons. The highest BCUT2D eigenvalue weighted by Crippen LogP contribution is 2.24. The topological polar surface area (TPSA) is 89.1 Å². The lowest BCUT2D eigenvalue weighted by Gasteiger charge is -2.11. The molecule has 0 spiro atoms. The summed E-state index contributed by atoms with van der Waals surface area (Å²) < 4.78 is 10.4. The van der Waals surface area contributed by atoms with Gasteiger partial charge in [-0.05, 0) is 6.07 Å². The minimum absolute atomic E-state index is 0.212. The van der Waals surface area contributed by atoms with Crippen LogP contribution in [-0.2, 0) is 6.54 Å². The summed E-state index contributed by atoms with van der Waals surface area (Å²) in [5.41, 5.74) is 6.39. The molecule has 0 aliphatic carbocycles. The molecule has 0 heterocycles. The van der Waals surface area contributed by atoms with Crippen molar-refractivity contribution in [2.24, 2.45) is 10.9 Å². The van der Waals surface area contributed by atoms with Gasteiger partial charge in [0.05, 0.1) is 14.2 Å². The van der Waals surface area contributed by atoms with Gasteiger partial charge in [-0.3, -0.25) is 0 Å². The quantitative estimate of drug-likeness (QED) is 0.221. The Morgan fingerprint density at radius 2 is 2.17 bits per heavy atom. The summed E-state index contributed by atoms with van der Waals surface area (Å²) >= 11 is 0. The number of nitrogens with zero attached hydrogens (tertiary/aromatic N) is 1. The number of benzene rings is 1. The molecular weight excluding hydrogens is 234 g/mol. The van der Waals surface area contributed by atoms with E-state index in [9.17, 15) is 0 Å². The average Bonchev–Trinajstić information content (AvgIpc) is 2.43. The van der Waals surface area contributed by atoms with Gasteiger partial charge in [0.15, 0.2) is 0 Å². The predicted molar refractivity (Wildman–Crippen MR) is 69.3 cm³/mol. The first-order valence-electron chi connectivity index (χ1n) is 5.59. The second-order valence-electron chi connectivity index (χ2n) is 3.70. The fourth-order valence-electron chi connectivity index (χ4n) is 1.49. The molecule has 0 saturated carbocycles. The SMILES string of the molecule is COc1ccc(CNCCC(N)=NO)c(OC)c1. The largest absolute Gasteiger partial charge is 0.497 e. The summed E-state index contributed by atoms with van der Waals surface area (Å²) in [6, 6.07) is 5.65. The number of nitrogens with one attached hydrogen (secondary N) is 1. The van der Waals surface area contributed by atoms with Gasteiger partial charge in [-0.15, -0.1) is 0 Å². The van der Waals surface area contributed by atoms with Crippen LogP contribution in [-0.4, -0.2) is 31.8 Å². The van der Waals surface area contributed by atoms with Crippen LogP contribution in [0.4, 0.5) is 0 Å². The third kappa shape index (κ3) is 4.14. The van der Waals surface area contributed by atoms with Crippen molar-refractivity contribution in [3.05, 3.63) is 23.8 Å². The maximum absolute atomic E-state index is 8.39. The van der Waals surface area contributed by atoms with Crippen LogP contribution in [0, 0.1) is 0 Å². The molecule has 4 N–H and O–H groups in total. The van der Waals surface area contributed by atoms with E-state index in [1.165, 1.54) is 0 Å². The molecule has 0 atom stereocenters. The maximum atomic E-state index is 8.39. The number of rotatable bonds is 7. The minimum Gasteiger partial charge on any atom is -0.497 e. The lowest BCUT2D eigenvalue weighted by atomic mass is 10.2. The van der Waals surface area contributed by atoms with Crippen molar-refractivity contribution >= 4 is 5.84 Å². The normalized spacial score (nSPS) is 11.3. The average molecular weight is 253 g/mol. The molecule has 0 aliphatic heterocycles. The standard InChI is InChI=1S/C12H19N3O3/c1-17-10-4-3-9(11(7-10)18-2)8-14-6-5-12(13)15-16/h3-4,7,14,16H,5-6,8H2,1-2H3,(H2,13,15). The number of hydrogen-bond acceptors (Lipinski definition) is 5. The van der Waals surface area contributed by atoms with E-state index in [4.69, 9.17) is 20.4 Å². The highest BCUT2D eigenvalue weighted by atomic mass is 16.5. The van der Waals surface area contributed by atoms with Crippen LogP contribution in [0.1, 0.15) is 12.0 Å². The summed E-state index contributed by atoms with van der Waals surface area (Å²) in [6.45, 7) is 1.27. The Hall–Kier alpha value is -1.95. The van der Waals surface area contributed by atoms with Gasteiger partial charge >= 0.3 is 0 Å². The lowest BCUT2D eigenvalue weighted by molar-refractivity contribution is 0.316. The first-order valence-corrected chi connectivity index (χ1v) is 5.59. The molecule has 18 heavy (non-hydrogen) atoms. The maximum Gasteiger partial charge on any atom is 0.140 e. The Kier molecular flexibility index (Phi) is 5.79. The molecule has 0 bridgehead atoms. The van der Waals surface area contributed by atoms with Crippen LogP contribution >= 0.6 is 0 Å². The van der Waals surface area contributed by atoms with E-state index < -0.39 is 0 Å². The Bertz CT molecular complexity index is 408. The second kappa shape index (κ2) is 7.39. The highest BCUT2D eigenvalue weighted by Gasteiger charge is 2.04. The van der Waals surface area contributed by atoms with Crippen molar-refractivity contribution in [2.45, 2.75) is 13.0 Å². The second-order valence-corrected chi connectivity index (χ2v) is 3.70. The molecule has 1 rings (SSSR count). The highest BCUT2D eigenvalue weighted by molar-refractivity contribution is 5.79. The summed E-state index contributed by atoms with van der Waals surface area (Å²) in [7, 11) is 3.23. The summed E-state index contributed by atoms with van der Waals surface area (Å²) in [5.74, 6) is 1.74. The minimum atomic E-state index is 0.212. The molecule has 0 amide bonds. The Labute approximate surface area is 106 Å². The third-order valence-corrected chi connectivity index (χ3v) is 2.50. The van der Waals surface area contributed by atoms with E-state index in [1.807, 2.05) is 18.2 Å². The van der Waals surface area contributed by atoms with E-state index in [0.717, 1.165) is 17.1 Å². The van der Waals surface area contributed by atoms with Crippen molar-refractivity contribution < 1.29 is 14.7 Å². The number of ether oxygens (including phenoxy) is 2. The van der Waals surface area contributed by atoms with Gasteiger partial charge in [-0.25, -0.2) is 0 Å². The molecule has 0 radical (unpaired) electrons. The smallest absolute Gasteiger partial charge is 0.140 e. The van der Waals surface area contributed by atoms with Gasteiger partial charge in [0, 0.05) is 31.1 Å². The first kappa shape index (κ1) is 14.1. The van der Waals surface area contributed by atoms with Crippen molar-refractivity contribution in [3.63, 3.8) is 0 Å². The van der Waals surface area contributed by atoms with E-state index in [1.54, 1.807) is 14.2 Å². The van der Waals surface area contributed by atoms with E-state index in [2.05, 4.69) is 10.5 Å². The molecule has 0 fully saturated rings. The van der Waals surface area contributed by atoms with Gasteiger partial charge in [0.1, 0.15) is 17.3 Å². The number of hydrogen-bond donors (Lipinski definition) is 3. The monoisotopic (exact) mass is 253 g/mol. The van der Waals surface area contributed by atoms with E-state index >= 15 is 0 Å². The molecule has 0 unspecified atom stereocenters. The molecule has 6 heteroatoms. The zero-order valence-electron chi connectivity index (χ0n) is 10.6. The van der Waals surface area contributed by atoms with Crippen LogP contribution in [0.5, 0.6) is 11.5 Å². The molecule has 0 aliphatic rings. The van der Waals surface area contributed by atoms with Crippen molar-refractivity contribution in [2.75, 3.05) is 20.8 Å². The molecule has 1 aromatic rings. The van der Waals surface area contributed by atoms with Gasteiger partial charge in [0.2, 0.25) is 0 Å². The molecule has 6 nitrogen and oxygen atoms in total. The first-order chi connectivity index (χ1) is 8.71. The van der Waals surface area contributed by atoms with Crippen molar-refractivity contribution in [1.82, 2.24) is 5.32 Å². The Balaban J connectivity index is 2.51. The lowest BCUT2D eigenvalue weighted by Crippen LogP contribution is -2.22. The third-order valence-electron chi connectivity index (χ3n) is 2.50. The molecule has 0 aromatic heterocycles. The zero-order chi connectivity index (χ0) is 13.4. The Morgan fingerprint density at radius 1 is 1.39 bits per heavy atom. The number of amidine groups is 1. The molecule has 0 saturated heterocycles. The van der Waals surface area contributed by atoms with Crippen molar-refractivity contribution in [3.8, 4) is 11.5 Å². The van der Waals surface area contributed by atoms with E-state index in [0.29, 0.717) is 19.5 Å². The van der Waals surface area contributed by atoms with Crippen LogP contribution < -0.4 is 20.5 Å². The summed E-state index contributed by atoms with van der Waals surface area (Å²) in [4.78, 5) is 0. The van der Waals surface area contributed by atoms with Gasteiger partial charge in [0.25, 0.3) is 0 Å². The van der Waals surface area contributed by atoms with Gasteiger partial charge < -0.3 is 25.7 Å². The fourth-order valence-corrected chi connectivity index (χ4v) is 1.49. The summed E-state index contributed by atoms with van der Waals surface area (Å²) in [6.07, 6.45) is 0.495. The molecular formula is C12H19N3O3. The summed E-state index contributed by atoms with van der Waals surface area (Å²) in [5, 5.41) is 14.5. The van der Waals surface area contributed by atoms with Crippen molar-refractivity contribution in [1.29, 1.82) is 0 Å². The van der Waals surface area contributed by atoms with Crippen LogP contribution in [0.2, 0.25) is 0 Å². The Morgan fingerprint density at radius 3 is 2.78 bits per heavy atom. The van der Waals surface area contributed by atoms with Crippen LogP contribution in [0.3, 0.4) is 0 Å². The molecule has 1 aromatic carbocycles. The number of nitrogens with two attached hydrogens (primary N) is 1. The van der Waals surface area contributed by atoms with Gasteiger partial charge in [-0.2, -0.15) is 0 Å². The zero-order valence-corrected chi connectivity index (χ0v) is 10.6. The van der Waals surface area contributed by atoms with Gasteiger partial charge in [-0.1, -0.05) is 11.2 Å².